The first-order chi connectivity index (χ1) is 9.74. The zero-order chi connectivity index (χ0) is 13.9. The van der Waals surface area contributed by atoms with Crippen molar-refractivity contribution in [1.82, 2.24) is 4.98 Å². The van der Waals surface area contributed by atoms with Crippen molar-refractivity contribution in [1.29, 1.82) is 0 Å². The van der Waals surface area contributed by atoms with Crippen LogP contribution >= 0.6 is 0 Å². The van der Waals surface area contributed by atoms with Crippen LogP contribution in [-0.2, 0) is 0 Å². The van der Waals surface area contributed by atoms with Gasteiger partial charge in [0.15, 0.2) is 5.82 Å². The van der Waals surface area contributed by atoms with Gasteiger partial charge in [0.1, 0.15) is 0 Å². The largest absolute Gasteiger partial charge is 0.322 e. The van der Waals surface area contributed by atoms with Crippen LogP contribution in [0, 0.1) is 5.82 Å². The van der Waals surface area contributed by atoms with Crippen LogP contribution in [0.1, 0.15) is 10.4 Å². The number of hydrogen-bond acceptors (Lipinski definition) is 2. The maximum atomic E-state index is 13.5. The number of pyridine rings is 1. The summed E-state index contributed by atoms with van der Waals surface area (Å²) < 4.78 is 13.5. The van der Waals surface area contributed by atoms with Gasteiger partial charge in [0.2, 0.25) is 0 Å². The number of carbonyl (C=O) groups is 1. The summed E-state index contributed by atoms with van der Waals surface area (Å²) in [5.74, 6) is -1.12. The molecule has 0 aliphatic rings. The van der Waals surface area contributed by atoms with Gasteiger partial charge in [-0.15, -0.1) is 0 Å². The van der Waals surface area contributed by atoms with Gasteiger partial charge in [-0.05, 0) is 29.0 Å². The molecule has 3 nitrogen and oxygen atoms in total. The summed E-state index contributed by atoms with van der Waals surface area (Å²) in [6.45, 7) is 0. The Labute approximate surface area is 115 Å². The fourth-order valence-corrected chi connectivity index (χ4v) is 2.02. The van der Waals surface area contributed by atoms with Crippen molar-refractivity contribution in [2.45, 2.75) is 0 Å². The second-order valence-electron chi connectivity index (χ2n) is 4.37. The topological polar surface area (TPSA) is 42.0 Å². The highest BCUT2D eigenvalue weighted by Gasteiger charge is 2.11. The number of nitrogens with one attached hydrogen (secondary N) is 1. The van der Waals surface area contributed by atoms with Crippen molar-refractivity contribution < 1.29 is 9.18 Å². The van der Waals surface area contributed by atoms with Crippen LogP contribution < -0.4 is 5.32 Å². The Bertz CT molecular complexity index is 786. The fraction of sp³-hybridized carbons (Fsp3) is 0. The lowest BCUT2D eigenvalue weighted by molar-refractivity contribution is 0.102. The Morgan fingerprint density at radius 3 is 2.65 bits per heavy atom. The third kappa shape index (κ3) is 2.36. The van der Waals surface area contributed by atoms with Crippen LogP contribution in [0.4, 0.5) is 10.1 Å². The second kappa shape index (κ2) is 5.09. The molecule has 0 atom stereocenters. The molecule has 1 aromatic heterocycles. The van der Waals surface area contributed by atoms with Crippen molar-refractivity contribution in [2.75, 3.05) is 5.32 Å². The van der Waals surface area contributed by atoms with Crippen LogP contribution in [0.15, 0.2) is 60.9 Å². The molecule has 1 amide bonds. The molecule has 0 aliphatic heterocycles. The summed E-state index contributed by atoms with van der Waals surface area (Å²) >= 11 is 0. The minimum absolute atomic E-state index is 0.0202. The number of halogens is 1. The summed E-state index contributed by atoms with van der Waals surface area (Å²) in [5.41, 5.74) is 0.609. The molecule has 0 bridgehead atoms. The maximum Gasteiger partial charge on any atom is 0.258 e. The molecule has 1 heterocycles. The van der Waals surface area contributed by atoms with Gasteiger partial charge in [0.05, 0.1) is 11.8 Å². The van der Waals surface area contributed by atoms with Gasteiger partial charge in [-0.1, -0.05) is 30.3 Å². The van der Waals surface area contributed by atoms with Crippen LogP contribution in [0.2, 0.25) is 0 Å². The molecule has 0 spiro atoms. The molecule has 0 radical (unpaired) electrons. The summed E-state index contributed by atoms with van der Waals surface area (Å²) in [5, 5.41) is 4.78. The Morgan fingerprint density at radius 2 is 1.85 bits per heavy atom. The van der Waals surface area contributed by atoms with E-state index >= 15 is 0 Å². The standard InChI is InChI=1S/C16H11FN2O/c17-15-10-18-8-7-14(15)16(20)19-13-6-5-11-3-1-2-4-12(11)9-13/h1-10H,(H,19,20). The smallest absolute Gasteiger partial charge is 0.258 e. The van der Waals surface area contributed by atoms with Crippen LogP contribution in [0.5, 0.6) is 0 Å². The maximum absolute atomic E-state index is 13.5. The van der Waals surface area contributed by atoms with E-state index in [-0.39, 0.29) is 5.56 Å². The summed E-state index contributed by atoms with van der Waals surface area (Å²) in [6.07, 6.45) is 2.41. The quantitative estimate of drug-likeness (QED) is 0.769. The predicted molar refractivity (Wildman–Crippen MR) is 76.1 cm³/mol. The molecule has 3 aromatic rings. The zero-order valence-corrected chi connectivity index (χ0v) is 10.5. The van der Waals surface area contributed by atoms with Gasteiger partial charge in [-0.25, -0.2) is 4.39 Å². The highest BCUT2D eigenvalue weighted by Crippen LogP contribution is 2.19. The molecule has 0 fully saturated rings. The third-order valence-electron chi connectivity index (χ3n) is 3.02. The van der Waals surface area contributed by atoms with Crippen LogP contribution in [0.3, 0.4) is 0 Å². The van der Waals surface area contributed by atoms with Gasteiger partial charge in [-0.3, -0.25) is 9.78 Å². The van der Waals surface area contributed by atoms with E-state index in [9.17, 15) is 9.18 Å². The molecule has 2 aromatic carbocycles. The molecule has 1 N–H and O–H groups in total. The summed E-state index contributed by atoms with van der Waals surface area (Å²) in [4.78, 5) is 15.6. The molecular formula is C16H11FN2O. The summed E-state index contributed by atoms with van der Waals surface area (Å²) in [7, 11) is 0. The van der Waals surface area contributed by atoms with Crippen molar-refractivity contribution >= 4 is 22.4 Å². The Kier molecular flexibility index (Phi) is 3.13. The van der Waals surface area contributed by atoms with Crippen LogP contribution in [-0.4, -0.2) is 10.9 Å². The number of aromatic nitrogens is 1. The normalized spacial score (nSPS) is 10.4. The minimum atomic E-state index is -0.634. The zero-order valence-electron chi connectivity index (χ0n) is 10.5. The van der Waals surface area contributed by atoms with E-state index in [2.05, 4.69) is 10.3 Å². The number of anilines is 1. The molecular weight excluding hydrogens is 255 g/mol. The highest BCUT2D eigenvalue weighted by molar-refractivity contribution is 6.05. The molecule has 0 aliphatic carbocycles. The van der Waals surface area contributed by atoms with Crippen molar-refractivity contribution in [3.63, 3.8) is 0 Å². The minimum Gasteiger partial charge on any atom is -0.322 e. The van der Waals surface area contributed by atoms with Gasteiger partial charge in [0.25, 0.3) is 5.91 Å². The van der Waals surface area contributed by atoms with Crippen molar-refractivity contribution in [2.24, 2.45) is 0 Å². The van der Waals surface area contributed by atoms with E-state index in [1.54, 1.807) is 6.07 Å². The molecule has 3 rings (SSSR count). The van der Waals surface area contributed by atoms with Gasteiger partial charge in [-0.2, -0.15) is 0 Å². The molecule has 0 saturated heterocycles. The number of nitrogens with zero attached hydrogens (tertiary/aromatic N) is 1. The van der Waals surface area contributed by atoms with Crippen LogP contribution in [0.25, 0.3) is 10.8 Å². The first-order valence-corrected chi connectivity index (χ1v) is 6.14. The Morgan fingerprint density at radius 1 is 1.05 bits per heavy atom. The lowest BCUT2D eigenvalue weighted by Crippen LogP contribution is -2.13. The predicted octanol–water partition coefficient (Wildman–Crippen LogP) is 3.63. The van der Waals surface area contributed by atoms with Gasteiger partial charge < -0.3 is 5.32 Å². The van der Waals surface area contributed by atoms with Crippen molar-refractivity contribution in [3.05, 3.63) is 72.3 Å². The third-order valence-corrected chi connectivity index (χ3v) is 3.02. The Hall–Kier alpha value is -2.75. The van der Waals surface area contributed by atoms with Gasteiger partial charge >= 0.3 is 0 Å². The average molecular weight is 266 g/mol. The lowest BCUT2D eigenvalue weighted by Gasteiger charge is -2.07. The molecule has 0 saturated carbocycles. The number of benzene rings is 2. The second-order valence-corrected chi connectivity index (χ2v) is 4.37. The van der Waals surface area contributed by atoms with E-state index < -0.39 is 11.7 Å². The highest BCUT2D eigenvalue weighted by atomic mass is 19.1. The SMILES string of the molecule is O=C(Nc1ccc2ccccc2c1)c1ccncc1F. The molecule has 98 valence electrons. The average Bonchev–Trinajstić information content (AvgIpc) is 2.47. The number of hydrogen-bond donors (Lipinski definition) is 1. The summed E-state index contributed by atoms with van der Waals surface area (Å²) in [6, 6.07) is 14.7. The van der Waals surface area contributed by atoms with E-state index in [0.29, 0.717) is 5.69 Å². The molecule has 20 heavy (non-hydrogen) atoms. The Balaban J connectivity index is 1.89. The number of carbonyl (C=O) groups excluding carboxylic acids is 1. The molecule has 4 heteroatoms. The van der Waals surface area contributed by atoms with E-state index in [1.165, 1.54) is 12.3 Å². The first-order valence-electron chi connectivity index (χ1n) is 6.14. The first kappa shape index (κ1) is 12.3. The molecule has 0 unspecified atom stereocenters. The number of amides is 1. The number of fused-ring (bicyclic) bond motifs is 1. The van der Waals surface area contributed by atoms with E-state index in [4.69, 9.17) is 0 Å². The number of rotatable bonds is 2. The fourth-order valence-electron chi connectivity index (χ4n) is 2.02. The van der Waals surface area contributed by atoms with E-state index in [0.717, 1.165) is 17.0 Å². The van der Waals surface area contributed by atoms with E-state index in [1.807, 2.05) is 36.4 Å². The van der Waals surface area contributed by atoms with Gasteiger partial charge in [0, 0.05) is 11.9 Å². The van der Waals surface area contributed by atoms with Crippen molar-refractivity contribution in [3.8, 4) is 0 Å². The lowest BCUT2D eigenvalue weighted by atomic mass is 10.1. The monoisotopic (exact) mass is 266 g/mol.